The maximum atomic E-state index is 13.6. The second kappa shape index (κ2) is 14.1. The second-order valence-electron chi connectivity index (χ2n) is 9.00. The van der Waals surface area contributed by atoms with Crippen LogP contribution in [0.1, 0.15) is 26.3 Å². The summed E-state index contributed by atoms with van der Waals surface area (Å²) in [4.78, 5) is 25.5. The van der Waals surface area contributed by atoms with Crippen LogP contribution in [0.2, 0.25) is 0 Å². The van der Waals surface area contributed by atoms with E-state index in [1.807, 2.05) is 0 Å². The second-order valence-corrected chi connectivity index (χ2v) is 10.9. The van der Waals surface area contributed by atoms with Crippen molar-refractivity contribution in [2.75, 3.05) is 19.7 Å². The van der Waals surface area contributed by atoms with Crippen molar-refractivity contribution >= 4 is 27.8 Å². The van der Waals surface area contributed by atoms with Crippen molar-refractivity contribution < 1.29 is 45.9 Å². The molecule has 0 aromatic heterocycles. The number of aliphatic imine (C=N–C) groups is 1. The topological polar surface area (TPSA) is 151 Å². The molecule has 0 N–H and O–H groups in total. The molecular weight excluding hydrogens is 559 g/mol. The molecule has 0 spiro atoms. The summed E-state index contributed by atoms with van der Waals surface area (Å²) >= 11 is 0. The Morgan fingerprint density at radius 2 is 1.68 bits per heavy atom. The first-order chi connectivity index (χ1) is 18.6. The Morgan fingerprint density at radius 3 is 2.17 bits per heavy atom. The molecule has 0 radical (unpaired) electrons. The van der Waals surface area contributed by atoms with Crippen molar-refractivity contribution in [2.24, 2.45) is 10.9 Å². The fourth-order valence-electron chi connectivity index (χ4n) is 3.62. The van der Waals surface area contributed by atoms with Crippen LogP contribution in [0.4, 0.5) is 23.7 Å². The molecule has 2 unspecified atom stereocenters. The van der Waals surface area contributed by atoms with Gasteiger partial charge in [-0.1, -0.05) is 44.2 Å². The van der Waals surface area contributed by atoms with Gasteiger partial charge in [0.25, 0.3) is 5.69 Å². The maximum absolute atomic E-state index is 13.6. The van der Waals surface area contributed by atoms with E-state index in [0.717, 1.165) is 28.6 Å². The van der Waals surface area contributed by atoms with E-state index < -0.39 is 51.9 Å². The van der Waals surface area contributed by atoms with E-state index in [1.54, 1.807) is 44.2 Å². The number of non-ortho nitro benzene ring substituents is 1. The number of carbonyl (C=O) groups excluding carboxylic acids is 1. The predicted octanol–water partition coefficient (Wildman–Crippen LogP) is 3.72. The number of ether oxygens (including phenoxy) is 2. The zero-order valence-electron chi connectivity index (χ0n) is 21.9. The van der Waals surface area contributed by atoms with Crippen LogP contribution in [0.3, 0.4) is 0 Å². The number of hydrogen-bond donors (Lipinski definition) is 0. The first kappa shape index (κ1) is 32.5. The number of nitro benzene ring substituents is 1. The molecule has 2 atom stereocenters. The Bertz CT molecular complexity index is 1270. The quantitative estimate of drug-likeness (QED) is 0.113. The van der Waals surface area contributed by atoms with Gasteiger partial charge in [0.05, 0.1) is 34.9 Å². The van der Waals surface area contributed by atoms with Crippen LogP contribution in [0.5, 0.6) is 0 Å². The third kappa shape index (κ3) is 9.48. The molecule has 220 valence electrons. The Labute approximate surface area is 229 Å². The highest BCUT2D eigenvalue weighted by molar-refractivity contribution is 7.89. The van der Waals surface area contributed by atoms with Crippen molar-refractivity contribution in [2.45, 2.75) is 50.4 Å². The van der Waals surface area contributed by atoms with E-state index in [9.17, 15) is 41.6 Å². The summed E-state index contributed by atoms with van der Waals surface area (Å²) < 4.78 is 77.6. The van der Waals surface area contributed by atoms with E-state index in [0.29, 0.717) is 5.56 Å². The lowest BCUT2D eigenvalue weighted by molar-refractivity contribution is -0.384. The van der Waals surface area contributed by atoms with Gasteiger partial charge in [0.2, 0.25) is 10.0 Å². The summed E-state index contributed by atoms with van der Waals surface area (Å²) in [6, 6.07) is 10.3. The van der Waals surface area contributed by atoms with Gasteiger partial charge in [0, 0.05) is 18.7 Å². The zero-order valence-corrected chi connectivity index (χ0v) is 22.7. The molecule has 2 aromatic carbocycles. The Morgan fingerprint density at radius 1 is 1.07 bits per heavy atom. The smallest absolute Gasteiger partial charge is 0.508 e. The third-order valence-corrected chi connectivity index (χ3v) is 7.24. The minimum Gasteiger partial charge on any atom is -0.856 e. The monoisotopic (exact) mass is 588 g/mol. The number of sulfonamides is 1. The van der Waals surface area contributed by atoms with Crippen molar-refractivity contribution in [3.05, 3.63) is 70.3 Å². The summed E-state index contributed by atoms with van der Waals surface area (Å²) in [5.41, 5.74) is 0.0857. The van der Waals surface area contributed by atoms with E-state index in [-0.39, 0.29) is 36.1 Å². The zero-order chi connectivity index (χ0) is 30.1. The number of halogens is 3. The first-order valence-corrected chi connectivity index (χ1v) is 13.5. The highest BCUT2D eigenvalue weighted by atomic mass is 32.2. The number of nitro groups is 1. The lowest BCUT2D eigenvalue weighted by Gasteiger charge is -2.32. The molecule has 0 aliphatic carbocycles. The summed E-state index contributed by atoms with van der Waals surface area (Å²) in [6.07, 6.45) is -8.61. The lowest BCUT2D eigenvalue weighted by atomic mass is 10.0. The molecule has 0 saturated carbocycles. The molecule has 40 heavy (non-hydrogen) atoms. The van der Waals surface area contributed by atoms with Crippen LogP contribution in [0.15, 0.2) is 64.5 Å². The fourth-order valence-corrected chi connectivity index (χ4v) is 5.24. The van der Waals surface area contributed by atoms with E-state index in [1.165, 1.54) is 6.92 Å². The maximum Gasteiger partial charge on any atom is 0.508 e. The highest BCUT2D eigenvalue weighted by Gasteiger charge is 2.36. The third-order valence-electron chi connectivity index (χ3n) is 5.39. The molecule has 15 heteroatoms. The van der Waals surface area contributed by atoms with Crippen LogP contribution in [-0.2, 0) is 25.9 Å². The average molecular weight is 589 g/mol. The molecule has 0 amide bonds. The van der Waals surface area contributed by atoms with Crippen molar-refractivity contribution in [3.63, 3.8) is 0 Å². The molecule has 0 aliphatic heterocycles. The largest absolute Gasteiger partial charge is 0.856 e. The molecule has 0 bridgehead atoms. The van der Waals surface area contributed by atoms with E-state index in [4.69, 9.17) is 9.47 Å². The van der Waals surface area contributed by atoms with Gasteiger partial charge in [0.1, 0.15) is 6.10 Å². The standard InChI is InChI=1S/C25H30F3N3O8S/c1-4-38-24(33)39-22(21(29-23(32)25(26,27)28)14-18-8-6-5-7-9-18)16-30(15-17(2)3)40(36,37)20-12-10-19(11-13-20)31(34)35/h5-13,17,21-22H,4,14-16H2,1-3H3,(H,29,32)/p-1. The number of rotatable bonds is 13. The van der Waals surface area contributed by atoms with Crippen LogP contribution >= 0.6 is 0 Å². The predicted molar refractivity (Wildman–Crippen MR) is 136 cm³/mol. The Balaban J connectivity index is 2.60. The first-order valence-electron chi connectivity index (χ1n) is 12.1. The van der Waals surface area contributed by atoms with Crippen molar-refractivity contribution in [1.82, 2.24) is 4.31 Å². The average Bonchev–Trinajstić information content (AvgIpc) is 2.87. The number of alkyl halides is 3. The normalized spacial score (nSPS) is 14.2. The van der Waals surface area contributed by atoms with Crippen molar-refractivity contribution in [1.29, 1.82) is 0 Å². The van der Waals surface area contributed by atoms with Crippen LogP contribution in [-0.4, -0.2) is 67.7 Å². The van der Waals surface area contributed by atoms with Gasteiger partial charge in [-0.3, -0.25) is 15.1 Å². The van der Waals surface area contributed by atoms with Gasteiger partial charge >= 0.3 is 12.3 Å². The molecule has 0 saturated heterocycles. The van der Waals surface area contributed by atoms with Gasteiger partial charge in [-0.2, -0.15) is 17.5 Å². The van der Waals surface area contributed by atoms with Gasteiger partial charge in [0.15, 0.2) is 0 Å². The fraction of sp³-hybridized carbons (Fsp3) is 0.440. The summed E-state index contributed by atoms with van der Waals surface area (Å²) in [5, 5.41) is 22.9. The molecule has 0 heterocycles. The number of carbonyl (C=O) groups is 1. The number of hydrogen-bond acceptors (Lipinski definition) is 9. The lowest BCUT2D eigenvalue weighted by Crippen LogP contribution is -2.47. The number of benzene rings is 2. The van der Waals surface area contributed by atoms with Gasteiger partial charge in [-0.25, -0.2) is 13.2 Å². The molecule has 2 rings (SSSR count). The van der Waals surface area contributed by atoms with E-state index >= 15 is 0 Å². The molecular formula is C25H29F3N3O8S-. The highest BCUT2D eigenvalue weighted by Crippen LogP contribution is 2.24. The van der Waals surface area contributed by atoms with Gasteiger partial charge < -0.3 is 14.6 Å². The molecule has 0 fully saturated rings. The van der Waals surface area contributed by atoms with Crippen LogP contribution in [0, 0.1) is 16.0 Å². The van der Waals surface area contributed by atoms with Crippen molar-refractivity contribution in [3.8, 4) is 0 Å². The summed E-state index contributed by atoms with van der Waals surface area (Å²) in [6.45, 7) is 3.80. The summed E-state index contributed by atoms with van der Waals surface area (Å²) in [7, 11) is -4.42. The molecule has 0 aliphatic rings. The Hall–Kier alpha value is -3.72. The summed E-state index contributed by atoms with van der Waals surface area (Å²) in [5.74, 6) is -2.74. The van der Waals surface area contributed by atoms with Crippen LogP contribution in [0.25, 0.3) is 0 Å². The number of nitrogens with zero attached hydrogens (tertiary/aromatic N) is 3. The van der Waals surface area contributed by atoms with E-state index in [2.05, 4.69) is 4.99 Å². The molecule has 11 nitrogen and oxygen atoms in total. The minimum atomic E-state index is -5.33. The molecule has 2 aromatic rings. The minimum absolute atomic E-state index is 0.148. The Kier molecular flexibility index (Phi) is 11.4. The SMILES string of the molecule is CCOC(=O)OC(CN(CC(C)C)S(=O)(=O)c1ccc([N+](=O)[O-])cc1)C(Cc1ccccc1)N=C([O-])C(F)(F)F. The van der Waals surface area contributed by atoms with Gasteiger partial charge in [-0.05, 0) is 37.0 Å². The van der Waals surface area contributed by atoms with Crippen LogP contribution < -0.4 is 5.11 Å². The van der Waals surface area contributed by atoms with Gasteiger partial charge in [-0.15, -0.1) is 0 Å².